The maximum atomic E-state index is 13.5. The highest BCUT2D eigenvalue weighted by atomic mass is 19.1. The Hall–Kier alpha value is -3.68. The summed E-state index contributed by atoms with van der Waals surface area (Å²) in [5.74, 6) is 2.70. The zero-order valence-electron chi connectivity index (χ0n) is 20.7. The molecule has 0 N–H and O–H groups in total. The average molecular weight is 491 g/mol. The second-order valence-corrected chi connectivity index (χ2v) is 9.57. The number of halogens is 1. The molecular weight excluding hydrogens is 459 g/mol. The standard InChI is InChI=1S/C28H31FN4O3/c1-19-10-13-32(14-11-19)28-30-25-12-15-33(26(34)17-20-4-3-5-23(16-20)35-2)18-24(25)27(31-28)36-22-8-6-21(29)7-9-22/h3-9,16,19H,10-15,17-18H2,1-2H3. The summed E-state index contributed by atoms with van der Waals surface area (Å²) in [6.07, 6.45) is 3.10. The van der Waals surface area contributed by atoms with Crippen LogP contribution in [0.3, 0.4) is 0 Å². The van der Waals surface area contributed by atoms with Gasteiger partial charge in [0.25, 0.3) is 0 Å². The van der Waals surface area contributed by atoms with E-state index in [1.54, 1.807) is 19.2 Å². The van der Waals surface area contributed by atoms with Crippen molar-refractivity contribution in [2.45, 2.75) is 39.2 Å². The number of nitrogens with zero attached hydrogens (tertiary/aromatic N) is 4. The van der Waals surface area contributed by atoms with Crippen LogP contribution in [0.15, 0.2) is 48.5 Å². The molecule has 0 unspecified atom stereocenters. The average Bonchev–Trinajstić information content (AvgIpc) is 2.90. The third kappa shape index (κ3) is 5.42. The molecule has 0 aliphatic carbocycles. The minimum Gasteiger partial charge on any atom is -0.497 e. The van der Waals surface area contributed by atoms with Crippen LogP contribution in [-0.4, -0.2) is 47.5 Å². The van der Waals surface area contributed by atoms with Crippen LogP contribution in [0.1, 0.15) is 36.6 Å². The zero-order chi connectivity index (χ0) is 25.1. The second-order valence-electron chi connectivity index (χ2n) is 9.57. The highest BCUT2D eigenvalue weighted by Gasteiger charge is 2.28. The van der Waals surface area contributed by atoms with Gasteiger partial charge in [0.2, 0.25) is 17.7 Å². The van der Waals surface area contributed by atoms with Crippen LogP contribution in [0.4, 0.5) is 10.3 Å². The van der Waals surface area contributed by atoms with Gasteiger partial charge in [0.1, 0.15) is 17.3 Å². The fraction of sp³-hybridized carbons (Fsp3) is 0.393. The lowest BCUT2D eigenvalue weighted by Crippen LogP contribution is -2.39. The van der Waals surface area contributed by atoms with Gasteiger partial charge in [0.05, 0.1) is 31.3 Å². The van der Waals surface area contributed by atoms with Crippen LogP contribution in [-0.2, 0) is 24.2 Å². The van der Waals surface area contributed by atoms with Crippen molar-refractivity contribution in [2.24, 2.45) is 5.92 Å². The molecule has 2 aliphatic heterocycles. The van der Waals surface area contributed by atoms with Crippen LogP contribution in [0.5, 0.6) is 17.4 Å². The molecule has 2 aliphatic rings. The lowest BCUT2D eigenvalue weighted by atomic mass is 9.99. The maximum Gasteiger partial charge on any atom is 0.229 e. The molecule has 0 atom stereocenters. The Labute approximate surface area is 210 Å². The molecule has 1 fully saturated rings. The van der Waals surface area contributed by atoms with Gasteiger partial charge < -0.3 is 19.3 Å². The molecule has 36 heavy (non-hydrogen) atoms. The molecular formula is C28H31FN4O3. The second kappa shape index (κ2) is 10.5. The Kier molecular flexibility index (Phi) is 7.02. The summed E-state index contributed by atoms with van der Waals surface area (Å²) in [4.78, 5) is 26.9. The lowest BCUT2D eigenvalue weighted by Gasteiger charge is -2.33. The Morgan fingerprint density at radius 1 is 1.06 bits per heavy atom. The smallest absolute Gasteiger partial charge is 0.229 e. The molecule has 8 heteroatoms. The summed E-state index contributed by atoms with van der Waals surface area (Å²) in [6, 6.07) is 13.4. The summed E-state index contributed by atoms with van der Waals surface area (Å²) in [7, 11) is 1.61. The van der Waals surface area contributed by atoms with E-state index in [2.05, 4.69) is 11.8 Å². The topological polar surface area (TPSA) is 67.8 Å². The number of anilines is 1. The van der Waals surface area contributed by atoms with Gasteiger partial charge in [-0.3, -0.25) is 4.79 Å². The summed E-state index contributed by atoms with van der Waals surface area (Å²) in [5, 5.41) is 0. The summed E-state index contributed by atoms with van der Waals surface area (Å²) < 4.78 is 24.9. The third-order valence-electron chi connectivity index (χ3n) is 6.95. The van der Waals surface area contributed by atoms with Gasteiger partial charge in [-0.05, 0) is 60.7 Å². The van der Waals surface area contributed by atoms with E-state index in [9.17, 15) is 9.18 Å². The van der Waals surface area contributed by atoms with Crippen LogP contribution in [0, 0.1) is 11.7 Å². The van der Waals surface area contributed by atoms with Crippen LogP contribution >= 0.6 is 0 Å². The third-order valence-corrected chi connectivity index (χ3v) is 6.95. The molecule has 5 rings (SSSR count). The first-order valence-corrected chi connectivity index (χ1v) is 12.5. The van der Waals surface area contributed by atoms with E-state index >= 15 is 0 Å². The molecule has 2 aromatic carbocycles. The van der Waals surface area contributed by atoms with E-state index in [1.165, 1.54) is 12.1 Å². The van der Waals surface area contributed by atoms with E-state index < -0.39 is 0 Å². The van der Waals surface area contributed by atoms with Gasteiger partial charge in [-0.1, -0.05) is 19.1 Å². The van der Waals surface area contributed by atoms with E-state index in [-0.39, 0.29) is 18.1 Å². The first kappa shape index (κ1) is 24.0. The fourth-order valence-electron chi connectivity index (χ4n) is 4.70. The normalized spacial score (nSPS) is 16.0. The van der Waals surface area contributed by atoms with Crippen molar-refractivity contribution < 1.29 is 18.7 Å². The summed E-state index contributed by atoms with van der Waals surface area (Å²) >= 11 is 0. The molecule has 0 spiro atoms. The van der Waals surface area contributed by atoms with Crippen molar-refractivity contribution in [2.75, 3.05) is 31.6 Å². The SMILES string of the molecule is COc1cccc(CC(=O)N2CCc3nc(N4CCC(C)CC4)nc(Oc4ccc(F)cc4)c3C2)c1. The number of hydrogen-bond acceptors (Lipinski definition) is 6. The molecule has 1 amide bonds. The zero-order valence-corrected chi connectivity index (χ0v) is 20.7. The molecule has 0 saturated carbocycles. The Morgan fingerprint density at radius 3 is 2.58 bits per heavy atom. The predicted molar refractivity (Wildman–Crippen MR) is 135 cm³/mol. The van der Waals surface area contributed by atoms with E-state index in [4.69, 9.17) is 19.4 Å². The molecule has 188 valence electrons. The minimum atomic E-state index is -0.329. The van der Waals surface area contributed by atoms with Crippen molar-refractivity contribution in [1.82, 2.24) is 14.9 Å². The van der Waals surface area contributed by atoms with Gasteiger partial charge in [-0.2, -0.15) is 4.98 Å². The molecule has 1 aromatic heterocycles. The molecule has 0 bridgehead atoms. The number of carbonyl (C=O) groups excluding carboxylic acids is 1. The van der Waals surface area contributed by atoms with Crippen molar-refractivity contribution in [1.29, 1.82) is 0 Å². The molecule has 3 heterocycles. The lowest BCUT2D eigenvalue weighted by molar-refractivity contribution is -0.131. The maximum absolute atomic E-state index is 13.5. The highest BCUT2D eigenvalue weighted by molar-refractivity contribution is 5.79. The van der Waals surface area contributed by atoms with Crippen LogP contribution in [0.25, 0.3) is 0 Å². The van der Waals surface area contributed by atoms with Gasteiger partial charge >= 0.3 is 0 Å². The Bertz CT molecular complexity index is 1230. The van der Waals surface area contributed by atoms with E-state index in [0.29, 0.717) is 43.0 Å². The number of methoxy groups -OCH3 is 1. The first-order valence-electron chi connectivity index (χ1n) is 12.5. The Balaban J connectivity index is 1.41. The largest absolute Gasteiger partial charge is 0.497 e. The highest BCUT2D eigenvalue weighted by Crippen LogP contribution is 2.33. The number of benzene rings is 2. The van der Waals surface area contributed by atoms with Crippen molar-refractivity contribution in [3.8, 4) is 17.4 Å². The number of hydrogen-bond donors (Lipinski definition) is 0. The number of amides is 1. The fourth-order valence-corrected chi connectivity index (χ4v) is 4.70. The monoisotopic (exact) mass is 490 g/mol. The van der Waals surface area contributed by atoms with Gasteiger partial charge in [-0.15, -0.1) is 0 Å². The van der Waals surface area contributed by atoms with Crippen molar-refractivity contribution >= 4 is 11.9 Å². The molecule has 7 nitrogen and oxygen atoms in total. The van der Waals surface area contributed by atoms with Crippen LogP contribution < -0.4 is 14.4 Å². The van der Waals surface area contributed by atoms with Crippen molar-refractivity contribution in [3.63, 3.8) is 0 Å². The van der Waals surface area contributed by atoms with Gasteiger partial charge in [0.15, 0.2) is 0 Å². The molecule has 0 radical (unpaired) electrons. The summed E-state index contributed by atoms with van der Waals surface area (Å²) in [6.45, 7) is 5.03. The minimum absolute atomic E-state index is 0.0238. The number of piperidine rings is 1. The summed E-state index contributed by atoms with van der Waals surface area (Å²) in [5.41, 5.74) is 2.61. The number of rotatable bonds is 6. The number of fused-ring (bicyclic) bond motifs is 1. The van der Waals surface area contributed by atoms with Crippen LogP contribution in [0.2, 0.25) is 0 Å². The molecule has 3 aromatic rings. The van der Waals surface area contributed by atoms with Gasteiger partial charge in [-0.25, -0.2) is 9.37 Å². The Morgan fingerprint density at radius 2 is 1.83 bits per heavy atom. The predicted octanol–water partition coefficient (Wildman–Crippen LogP) is 4.78. The quantitative estimate of drug-likeness (QED) is 0.495. The molecule has 1 saturated heterocycles. The van der Waals surface area contributed by atoms with E-state index in [0.717, 1.165) is 48.5 Å². The first-order chi connectivity index (χ1) is 17.5. The van der Waals surface area contributed by atoms with Crippen molar-refractivity contribution in [3.05, 3.63) is 71.2 Å². The van der Waals surface area contributed by atoms with Gasteiger partial charge in [0, 0.05) is 26.1 Å². The number of ether oxygens (including phenoxy) is 2. The number of aromatic nitrogens is 2. The van der Waals surface area contributed by atoms with E-state index in [1.807, 2.05) is 29.2 Å². The number of carbonyl (C=O) groups is 1.